The van der Waals surface area contributed by atoms with E-state index >= 15 is 0 Å². The molecule has 138 valence electrons. The highest BCUT2D eigenvalue weighted by Gasteiger charge is 2.11. The van der Waals surface area contributed by atoms with Gasteiger partial charge >= 0.3 is 5.97 Å². The van der Waals surface area contributed by atoms with Crippen molar-refractivity contribution in [2.75, 3.05) is 11.9 Å². The van der Waals surface area contributed by atoms with Gasteiger partial charge in [0.25, 0.3) is 5.91 Å². The number of hydrogen-bond acceptors (Lipinski definition) is 5. The lowest BCUT2D eigenvalue weighted by molar-refractivity contribution is -0.147. The van der Waals surface area contributed by atoms with Crippen LogP contribution >= 0.6 is 11.6 Å². The average Bonchev–Trinajstić information content (AvgIpc) is 3.16. The fraction of sp³-hybridized carbons (Fsp3) is 0.150. The molecular formula is C20H17ClN2O4. The molecule has 0 unspecified atom stereocenters. The third-order valence-corrected chi connectivity index (χ3v) is 3.88. The maximum absolute atomic E-state index is 11.8. The molecule has 1 aromatic carbocycles. The number of hydrogen-bond donors (Lipinski definition) is 1. The van der Waals surface area contributed by atoms with Gasteiger partial charge < -0.3 is 14.5 Å². The molecule has 0 aliphatic heterocycles. The Bertz CT molecular complexity index is 907. The number of esters is 1. The minimum Gasteiger partial charge on any atom is -0.461 e. The van der Waals surface area contributed by atoms with Gasteiger partial charge in [-0.1, -0.05) is 41.9 Å². The zero-order valence-electron chi connectivity index (χ0n) is 14.4. The van der Waals surface area contributed by atoms with Crippen molar-refractivity contribution in [2.24, 2.45) is 0 Å². The lowest BCUT2D eigenvalue weighted by Crippen LogP contribution is -2.21. The number of furan rings is 1. The summed E-state index contributed by atoms with van der Waals surface area (Å²) in [5.41, 5.74) is 0.971. The molecule has 0 saturated heterocycles. The number of anilines is 1. The predicted octanol–water partition coefficient (Wildman–Crippen LogP) is 4.11. The van der Waals surface area contributed by atoms with Gasteiger partial charge in [-0.05, 0) is 24.3 Å². The first-order valence-corrected chi connectivity index (χ1v) is 8.69. The second-order valence-electron chi connectivity index (χ2n) is 5.70. The van der Waals surface area contributed by atoms with Crippen molar-refractivity contribution in [3.63, 3.8) is 0 Å². The molecule has 0 bridgehead atoms. The van der Waals surface area contributed by atoms with Gasteiger partial charge in [-0.25, -0.2) is 4.98 Å². The van der Waals surface area contributed by atoms with E-state index in [2.05, 4.69) is 10.3 Å². The zero-order valence-corrected chi connectivity index (χ0v) is 15.1. The minimum absolute atomic E-state index is 0.119. The van der Waals surface area contributed by atoms with Crippen LogP contribution in [-0.4, -0.2) is 23.5 Å². The van der Waals surface area contributed by atoms with Gasteiger partial charge in [0.2, 0.25) is 0 Å². The van der Waals surface area contributed by atoms with Crippen molar-refractivity contribution in [3.05, 3.63) is 71.6 Å². The van der Waals surface area contributed by atoms with Crippen LogP contribution in [0, 0.1) is 0 Å². The maximum Gasteiger partial charge on any atom is 0.306 e. The number of halogens is 1. The summed E-state index contributed by atoms with van der Waals surface area (Å²) < 4.78 is 10.7. The summed E-state index contributed by atoms with van der Waals surface area (Å²) >= 11 is 5.72. The molecule has 2 aromatic heterocycles. The maximum atomic E-state index is 11.8. The fourth-order valence-corrected chi connectivity index (χ4v) is 2.45. The Morgan fingerprint density at radius 2 is 1.89 bits per heavy atom. The highest BCUT2D eigenvalue weighted by atomic mass is 35.5. The molecule has 27 heavy (non-hydrogen) atoms. The molecule has 0 aliphatic carbocycles. The first kappa shape index (κ1) is 18.7. The van der Waals surface area contributed by atoms with E-state index in [1.54, 1.807) is 12.1 Å². The monoisotopic (exact) mass is 384 g/mol. The van der Waals surface area contributed by atoms with Crippen LogP contribution in [0.15, 0.2) is 65.2 Å². The third-order valence-electron chi connectivity index (χ3n) is 3.65. The third kappa shape index (κ3) is 5.69. The highest BCUT2D eigenvalue weighted by Crippen LogP contribution is 2.22. The number of ether oxygens (including phenoxy) is 1. The Hall–Kier alpha value is -3.12. The fourth-order valence-electron chi connectivity index (χ4n) is 2.34. The Labute approximate surface area is 161 Å². The van der Waals surface area contributed by atoms with E-state index in [1.807, 2.05) is 42.5 Å². The first-order chi connectivity index (χ1) is 13.1. The van der Waals surface area contributed by atoms with Crippen LogP contribution in [0.5, 0.6) is 0 Å². The molecule has 0 fully saturated rings. The van der Waals surface area contributed by atoms with E-state index in [0.717, 1.165) is 11.3 Å². The number of nitrogens with zero attached hydrogens (tertiary/aromatic N) is 1. The van der Waals surface area contributed by atoms with Crippen molar-refractivity contribution in [1.82, 2.24) is 4.98 Å². The number of carbonyl (C=O) groups is 2. The number of aromatic nitrogens is 1. The SMILES string of the molecule is O=C(COC(=O)CCc1ccc(-c2ccccc2)o1)Nc1ccc(Cl)cn1. The molecule has 0 saturated carbocycles. The summed E-state index contributed by atoms with van der Waals surface area (Å²) in [6, 6.07) is 16.5. The molecule has 6 nitrogen and oxygen atoms in total. The average molecular weight is 385 g/mol. The minimum atomic E-state index is -0.480. The van der Waals surface area contributed by atoms with Gasteiger partial charge in [0.1, 0.15) is 17.3 Å². The predicted molar refractivity (Wildman–Crippen MR) is 101 cm³/mol. The van der Waals surface area contributed by atoms with E-state index in [0.29, 0.717) is 23.0 Å². The Balaban J connectivity index is 1.41. The Morgan fingerprint density at radius 3 is 2.63 bits per heavy atom. The van der Waals surface area contributed by atoms with Crippen LogP contribution in [0.2, 0.25) is 5.02 Å². The summed E-state index contributed by atoms with van der Waals surface area (Å²) in [5.74, 6) is 0.813. The second kappa shape index (κ2) is 9.00. The topological polar surface area (TPSA) is 81.4 Å². The Kier molecular flexibility index (Phi) is 6.22. The summed E-state index contributed by atoms with van der Waals surface area (Å²) in [7, 11) is 0. The van der Waals surface area contributed by atoms with Gasteiger partial charge in [0.15, 0.2) is 6.61 Å². The number of carbonyl (C=O) groups excluding carboxylic acids is 2. The van der Waals surface area contributed by atoms with Crippen LogP contribution in [0.4, 0.5) is 5.82 Å². The number of rotatable bonds is 7. The molecule has 1 amide bonds. The van der Waals surface area contributed by atoms with Gasteiger partial charge in [-0.15, -0.1) is 0 Å². The zero-order chi connectivity index (χ0) is 19.1. The van der Waals surface area contributed by atoms with Crippen molar-refractivity contribution in [3.8, 4) is 11.3 Å². The summed E-state index contributed by atoms with van der Waals surface area (Å²) in [4.78, 5) is 27.5. The molecule has 2 heterocycles. The largest absolute Gasteiger partial charge is 0.461 e. The van der Waals surface area contributed by atoms with E-state index in [1.165, 1.54) is 6.20 Å². The molecule has 0 atom stereocenters. The number of pyridine rings is 1. The van der Waals surface area contributed by atoms with E-state index in [9.17, 15) is 9.59 Å². The van der Waals surface area contributed by atoms with Crippen LogP contribution in [0.3, 0.4) is 0 Å². The van der Waals surface area contributed by atoms with Gasteiger partial charge in [0, 0.05) is 18.2 Å². The van der Waals surface area contributed by atoms with Crippen molar-refractivity contribution < 1.29 is 18.7 Å². The van der Waals surface area contributed by atoms with Crippen LogP contribution in [-0.2, 0) is 20.7 Å². The summed E-state index contributed by atoms with van der Waals surface area (Å²) in [6.07, 6.45) is 1.93. The summed E-state index contributed by atoms with van der Waals surface area (Å²) in [5, 5.41) is 2.98. The number of nitrogens with one attached hydrogen (secondary N) is 1. The van der Waals surface area contributed by atoms with Crippen LogP contribution < -0.4 is 5.32 Å². The van der Waals surface area contributed by atoms with E-state index in [-0.39, 0.29) is 13.0 Å². The van der Waals surface area contributed by atoms with E-state index in [4.69, 9.17) is 20.8 Å². The molecule has 0 aliphatic rings. The van der Waals surface area contributed by atoms with Crippen molar-refractivity contribution in [2.45, 2.75) is 12.8 Å². The van der Waals surface area contributed by atoms with Crippen LogP contribution in [0.25, 0.3) is 11.3 Å². The van der Waals surface area contributed by atoms with Gasteiger partial charge in [0.05, 0.1) is 11.4 Å². The quantitative estimate of drug-likeness (QED) is 0.620. The van der Waals surface area contributed by atoms with Gasteiger partial charge in [-0.3, -0.25) is 9.59 Å². The lowest BCUT2D eigenvalue weighted by Gasteiger charge is -2.05. The smallest absolute Gasteiger partial charge is 0.306 e. The Morgan fingerprint density at radius 1 is 1.07 bits per heavy atom. The molecule has 1 N–H and O–H groups in total. The standard InChI is InChI=1S/C20H17ClN2O4/c21-15-6-10-18(22-12-15)23-19(24)13-26-20(25)11-8-16-7-9-17(27-16)14-4-2-1-3-5-14/h1-7,9-10,12H,8,11,13H2,(H,22,23,24). The summed E-state index contributed by atoms with van der Waals surface area (Å²) in [6.45, 7) is -0.378. The van der Waals surface area contributed by atoms with Crippen molar-refractivity contribution in [1.29, 1.82) is 0 Å². The highest BCUT2D eigenvalue weighted by molar-refractivity contribution is 6.30. The molecule has 3 rings (SSSR count). The van der Waals surface area contributed by atoms with Crippen LogP contribution in [0.1, 0.15) is 12.2 Å². The number of benzene rings is 1. The van der Waals surface area contributed by atoms with Gasteiger partial charge in [-0.2, -0.15) is 0 Å². The molecule has 0 radical (unpaired) electrons. The molecular weight excluding hydrogens is 368 g/mol. The molecule has 3 aromatic rings. The second-order valence-corrected chi connectivity index (χ2v) is 6.14. The first-order valence-electron chi connectivity index (χ1n) is 8.31. The van der Waals surface area contributed by atoms with E-state index < -0.39 is 11.9 Å². The normalized spacial score (nSPS) is 10.4. The lowest BCUT2D eigenvalue weighted by atomic mass is 10.2. The number of aryl methyl sites for hydroxylation is 1. The molecule has 7 heteroatoms. The van der Waals surface area contributed by atoms with Crippen molar-refractivity contribution >= 4 is 29.3 Å². The molecule has 0 spiro atoms. The number of amides is 1.